The Bertz CT molecular complexity index is 640. The molecule has 21 heavy (non-hydrogen) atoms. The summed E-state index contributed by atoms with van der Waals surface area (Å²) in [5, 5.41) is 12.3. The summed E-state index contributed by atoms with van der Waals surface area (Å²) in [7, 11) is 3.16. The van der Waals surface area contributed by atoms with Gasteiger partial charge < -0.3 is 19.9 Å². The second-order valence-electron chi connectivity index (χ2n) is 4.39. The lowest BCUT2D eigenvalue weighted by atomic mass is 10.1. The van der Waals surface area contributed by atoms with Crippen LogP contribution in [-0.2, 0) is 6.54 Å². The number of anilines is 1. The largest absolute Gasteiger partial charge is 0.493 e. The average molecular weight is 287 g/mol. The van der Waals surface area contributed by atoms with Crippen molar-refractivity contribution in [1.29, 1.82) is 0 Å². The van der Waals surface area contributed by atoms with Gasteiger partial charge in [0.1, 0.15) is 0 Å². The summed E-state index contributed by atoms with van der Waals surface area (Å²) in [4.78, 5) is 11.1. The number of carboxylic acid groups (broad SMARTS) is 1. The zero-order valence-corrected chi connectivity index (χ0v) is 11.9. The number of para-hydroxylation sites is 1. The molecule has 0 amide bonds. The van der Waals surface area contributed by atoms with Crippen LogP contribution in [0.25, 0.3) is 0 Å². The molecule has 0 aromatic heterocycles. The molecule has 0 saturated heterocycles. The first-order chi connectivity index (χ1) is 10.2. The Morgan fingerprint density at radius 2 is 1.81 bits per heavy atom. The minimum atomic E-state index is -0.953. The molecule has 2 rings (SSSR count). The highest BCUT2D eigenvalue weighted by Crippen LogP contribution is 2.28. The van der Waals surface area contributed by atoms with Crippen molar-refractivity contribution in [2.45, 2.75) is 6.54 Å². The summed E-state index contributed by atoms with van der Waals surface area (Å²) in [6.45, 7) is 0.491. The fraction of sp³-hybridized carbons (Fsp3) is 0.188. The summed E-state index contributed by atoms with van der Waals surface area (Å²) in [5.74, 6) is 0.348. The van der Waals surface area contributed by atoms with E-state index in [4.69, 9.17) is 14.6 Å². The standard InChI is InChI=1S/C16H17NO4/c1-20-14-8-7-11(9-15(14)21-2)10-17-13-6-4-3-5-12(13)16(18)19/h3-9,17H,10H2,1-2H3,(H,18,19). The third kappa shape index (κ3) is 3.45. The van der Waals surface area contributed by atoms with Crippen LogP contribution in [0.5, 0.6) is 11.5 Å². The molecule has 5 nitrogen and oxygen atoms in total. The monoisotopic (exact) mass is 287 g/mol. The van der Waals surface area contributed by atoms with E-state index in [1.54, 1.807) is 38.5 Å². The summed E-state index contributed by atoms with van der Waals surface area (Å²) < 4.78 is 10.4. The van der Waals surface area contributed by atoms with E-state index in [0.29, 0.717) is 23.7 Å². The smallest absolute Gasteiger partial charge is 0.337 e. The van der Waals surface area contributed by atoms with Crippen LogP contribution in [0.4, 0.5) is 5.69 Å². The number of carbonyl (C=O) groups is 1. The molecule has 2 aromatic rings. The van der Waals surface area contributed by atoms with Crippen molar-refractivity contribution in [2.75, 3.05) is 19.5 Å². The predicted molar refractivity (Wildman–Crippen MR) is 80.3 cm³/mol. The van der Waals surface area contributed by atoms with Crippen LogP contribution in [0.3, 0.4) is 0 Å². The van der Waals surface area contributed by atoms with Gasteiger partial charge >= 0.3 is 5.97 Å². The highest BCUT2D eigenvalue weighted by Gasteiger charge is 2.09. The van der Waals surface area contributed by atoms with Gasteiger partial charge in [0.05, 0.1) is 19.8 Å². The average Bonchev–Trinajstić information content (AvgIpc) is 2.52. The van der Waals surface area contributed by atoms with Gasteiger partial charge in [-0.25, -0.2) is 4.79 Å². The Morgan fingerprint density at radius 1 is 1.10 bits per heavy atom. The fourth-order valence-electron chi connectivity index (χ4n) is 2.01. The molecule has 0 saturated carbocycles. The Hall–Kier alpha value is -2.69. The summed E-state index contributed by atoms with van der Waals surface area (Å²) in [6.07, 6.45) is 0. The predicted octanol–water partition coefficient (Wildman–Crippen LogP) is 3.01. The first-order valence-corrected chi connectivity index (χ1v) is 6.42. The molecule has 0 aliphatic carbocycles. The maximum atomic E-state index is 11.1. The summed E-state index contributed by atoms with van der Waals surface area (Å²) >= 11 is 0. The molecule has 0 aliphatic heterocycles. The minimum absolute atomic E-state index is 0.248. The quantitative estimate of drug-likeness (QED) is 0.854. The van der Waals surface area contributed by atoms with Gasteiger partial charge in [0.2, 0.25) is 0 Å². The number of methoxy groups -OCH3 is 2. The number of aromatic carboxylic acids is 1. The molecular formula is C16H17NO4. The number of carboxylic acids is 1. The van der Waals surface area contributed by atoms with E-state index in [0.717, 1.165) is 5.56 Å². The van der Waals surface area contributed by atoms with Crippen LogP contribution in [-0.4, -0.2) is 25.3 Å². The molecule has 2 N–H and O–H groups in total. The molecular weight excluding hydrogens is 270 g/mol. The zero-order chi connectivity index (χ0) is 15.2. The fourth-order valence-corrected chi connectivity index (χ4v) is 2.01. The van der Waals surface area contributed by atoms with E-state index < -0.39 is 5.97 Å². The van der Waals surface area contributed by atoms with Gasteiger partial charge in [-0.15, -0.1) is 0 Å². The van der Waals surface area contributed by atoms with Crippen molar-refractivity contribution in [1.82, 2.24) is 0 Å². The normalized spacial score (nSPS) is 10.0. The second-order valence-corrected chi connectivity index (χ2v) is 4.39. The van der Waals surface area contributed by atoms with Crippen molar-refractivity contribution >= 4 is 11.7 Å². The van der Waals surface area contributed by atoms with Crippen LogP contribution in [0.15, 0.2) is 42.5 Å². The molecule has 0 atom stereocenters. The molecule has 5 heteroatoms. The van der Waals surface area contributed by atoms with Crippen LogP contribution >= 0.6 is 0 Å². The summed E-state index contributed by atoms with van der Waals surface area (Å²) in [6, 6.07) is 12.4. The van der Waals surface area contributed by atoms with E-state index >= 15 is 0 Å². The number of benzene rings is 2. The van der Waals surface area contributed by atoms with E-state index in [-0.39, 0.29) is 5.56 Å². The highest BCUT2D eigenvalue weighted by molar-refractivity contribution is 5.94. The number of hydrogen-bond donors (Lipinski definition) is 2. The molecule has 0 unspecified atom stereocenters. The van der Waals surface area contributed by atoms with Crippen LogP contribution in [0, 0.1) is 0 Å². The summed E-state index contributed by atoms with van der Waals surface area (Å²) in [5.41, 5.74) is 1.80. The minimum Gasteiger partial charge on any atom is -0.493 e. The van der Waals surface area contributed by atoms with Crippen LogP contribution in [0.1, 0.15) is 15.9 Å². The van der Waals surface area contributed by atoms with Crippen molar-refractivity contribution in [3.8, 4) is 11.5 Å². The van der Waals surface area contributed by atoms with Crippen molar-refractivity contribution < 1.29 is 19.4 Å². The number of nitrogens with one attached hydrogen (secondary N) is 1. The van der Waals surface area contributed by atoms with E-state index in [1.165, 1.54) is 0 Å². The van der Waals surface area contributed by atoms with E-state index in [1.807, 2.05) is 18.2 Å². The lowest BCUT2D eigenvalue weighted by molar-refractivity contribution is 0.0698. The van der Waals surface area contributed by atoms with Crippen molar-refractivity contribution in [3.63, 3.8) is 0 Å². The zero-order valence-electron chi connectivity index (χ0n) is 11.9. The van der Waals surface area contributed by atoms with Gasteiger partial charge in [0, 0.05) is 12.2 Å². The molecule has 0 radical (unpaired) electrons. The molecule has 0 heterocycles. The van der Waals surface area contributed by atoms with Gasteiger partial charge in [0.25, 0.3) is 0 Å². The van der Waals surface area contributed by atoms with Gasteiger partial charge in [-0.2, -0.15) is 0 Å². The highest BCUT2D eigenvalue weighted by atomic mass is 16.5. The third-order valence-electron chi connectivity index (χ3n) is 3.09. The van der Waals surface area contributed by atoms with Crippen LogP contribution < -0.4 is 14.8 Å². The Balaban J connectivity index is 2.15. The number of ether oxygens (including phenoxy) is 2. The lowest BCUT2D eigenvalue weighted by Gasteiger charge is -2.12. The lowest BCUT2D eigenvalue weighted by Crippen LogP contribution is -2.06. The topological polar surface area (TPSA) is 67.8 Å². The molecule has 2 aromatic carbocycles. The first kappa shape index (κ1) is 14.7. The second kappa shape index (κ2) is 6.65. The Kier molecular flexibility index (Phi) is 4.66. The third-order valence-corrected chi connectivity index (χ3v) is 3.09. The van der Waals surface area contributed by atoms with Gasteiger partial charge in [-0.05, 0) is 29.8 Å². The molecule has 0 aliphatic rings. The van der Waals surface area contributed by atoms with Gasteiger partial charge in [-0.1, -0.05) is 18.2 Å². The molecule has 110 valence electrons. The van der Waals surface area contributed by atoms with Crippen LogP contribution in [0.2, 0.25) is 0 Å². The Morgan fingerprint density at radius 3 is 2.48 bits per heavy atom. The van der Waals surface area contributed by atoms with E-state index in [9.17, 15) is 4.79 Å². The van der Waals surface area contributed by atoms with E-state index in [2.05, 4.69) is 5.32 Å². The molecule has 0 bridgehead atoms. The molecule has 0 fully saturated rings. The van der Waals surface area contributed by atoms with Gasteiger partial charge in [-0.3, -0.25) is 0 Å². The SMILES string of the molecule is COc1ccc(CNc2ccccc2C(=O)O)cc1OC. The number of hydrogen-bond acceptors (Lipinski definition) is 4. The van der Waals surface area contributed by atoms with Crippen molar-refractivity contribution in [2.24, 2.45) is 0 Å². The van der Waals surface area contributed by atoms with Crippen molar-refractivity contribution in [3.05, 3.63) is 53.6 Å². The maximum absolute atomic E-state index is 11.1. The number of rotatable bonds is 6. The first-order valence-electron chi connectivity index (χ1n) is 6.42. The maximum Gasteiger partial charge on any atom is 0.337 e. The Labute approximate surface area is 123 Å². The van der Waals surface area contributed by atoms with Gasteiger partial charge in [0.15, 0.2) is 11.5 Å². The molecule has 0 spiro atoms.